The Morgan fingerprint density at radius 2 is 1.97 bits per heavy atom. The van der Waals surface area contributed by atoms with Crippen molar-refractivity contribution in [2.24, 2.45) is 4.99 Å². The SMILES string of the molecule is CCOCCCn1c(NC(=O)CCN=C2NS(=O)(=O)c3ccccc32)nc2ccccc21. The Labute approximate surface area is 186 Å². The van der Waals surface area contributed by atoms with E-state index in [-0.39, 0.29) is 29.6 Å². The van der Waals surface area contributed by atoms with Gasteiger partial charge < -0.3 is 9.30 Å². The number of carbonyl (C=O) groups excluding carboxylic acids is 1. The number of fused-ring (bicyclic) bond motifs is 2. The van der Waals surface area contributed by atoms with E-state index in [2.05, 4.69) is 20.0 Å². The smallest absolute Gasteiger partial charge is 0.263 e. The second kappa shape index (κ2) is 9.49. The summed E-state index contributed by atoms with van der Waals surface area (Å²) >= 11 is 0. The fourth-order valence-corrected chi connectivity index (χ4v) is 4.83. The summed E-state index contributed by atoms with van der Waals surface area (Å²) in [6.45, 7) is 4.05. The lowest BCUT2D eigenvalue weighted by Gasteiger charge is -2.10. The number of sulfonamides is 1. The number of hydrogen-bond acceptors (Lipinski definition) is 6. The molecule has 0 atom stereocenters. The Morgan fingerprint density at radius 1 is 1.19 bits per heavy atom. The maximum absolute atomic E-state index is 12.6. The van der Waals surface area contributed by atoms with Crippen molar-refractivity contribution in [2.75, 3.05) is 25.1 Å². The summed E-state index contributed by atoms with van der Waals surface area (Å²) in [6, 6.07) is 14.3. The number of benzene rings is 2. The average molecular weight is 456 g/mol. The summed E-state index contributed by atoms with van der Waals surface area (Å²) in [5, 5.41) is 2.87. The van der Waals surface area contributed by atoms with Crippen LogP contribution in [0.15, 0.2) is 58.4 Å². The predicted octanol–water partition coefficient (Wildman–Crippen LogP) is 2.53. The lowest BCUT2D eigenvalue weighted by Crippen LogP contribution is -2.23. The van der Waals surface area contributed by atoms with Crippen LogP contribution in [0.25, 0.3) is 11.0 Å². The van der Waals surface area contributed by atoms with Crippen molar-refractivity contribution in [1.29, 1.82) is 0 Å². The molecule has 1 aliphatic heterocycles. The average Bonchev–Trinajstić information content (AvgIpc) is 3.25. The van der Waals surface area contributed by atoms with E-state index in [0.717, 1.165) is 17.5 Å². The van der Waals surface area contributed by atoms with Gasteiger partial charge in [-0.1, -0.05) is 24.3 Å². The Kier molecular flexibility index (Phi) is 6.52. The molecule has 0 unspecified atom stereocenters. The normalized spacial score (nSPS) is 15.6. The van der Waals surface area contributed by atoms with E-state index in [0.29, 0.717) is 31.3 Å². The molecule has 3 aromatic rings. The van der Waals surface area contributed by atoms with Crippen LogP contribution in [0.5, 0.6) is 0 Å². The second-order valence-corrected chi connectivity index (χ2v) is 8.91. The number of hydrogen-bond donors (Lipinski definition) is 2. The first-order valence-corrected chi connectivity index (χ1v) is 12.0. The van der Waals surface area contributed by atoms with Crippen LogP contribution in [-0.2, 0) is 26.1 Å². The van der Waals surface area contributed by atoms with Crippen LogP contribution >= 0.6 is 0 Å². The molecule has 0 fully saturated rings. The molecule has 4 rings (SSSR count). The standard InChI is InChI=1S/C22H25N5O4S/c1-2-31-15-7-14-27-18-10-5-4-9-17(18)24-22(27)25-20(28)12-13-23-21-16-8-3-6-11-19(16)32(29,30)26-21/h3-6,8-11H,2,7,12-15H2,1H3,(H,23,26)(H,24,25,28). The van der Waals surface area contributed by atoms with E-state index in [9.17, 15) is 13.2 Å². The number of amides is 1. The van der Waals surface area contributed by atoms with Gasteiger partial charge in [-0.15, -0.1) is 0 Å². The first kappa shape index (κ1) is 22.0. The number of anilines is 1. The third-order valence-corrected chi connectivity index (χ3v) is 6.45. The van der Waals surface area contributed by atoms with Crippen LogP contribution in [0.1, 0.15) is 25.3 Å². The number of aromatic nitrogens is 2. The monoisotopic (exact) mass is 455 g/mol. The van der Waals surface area contributed by atoms with Gasteiger partial charge in [0, 0.05) is 31.7 Å². The molecular weight excluding hydrogens is 430 g/mol. The minimum atomic E-state index is -3.59. The van der Waals surface area contributed by atoms with Gasteiger partial charge >= 0.3 is 0 Å². The van der Waals surface area contributed by atoms with Gasteiger partial charge in [-0.2, -0.15) is 0 Å². The van der Waals surface area contributed by atoms with Gasteiger partial charge in [0.05, 0.1) is 22.5 Å². The van der Waals surface area contributed by atoms with E-state index in [1.54, 1.807) is 18.2 Å². The molecule has 0 saturated carbocycles. The third kappa shape index (κ3) is 4.66. The Hall–Kier alpha value is -3.24. The maximum atomic E-state index is 12.6. The highest BCUT2D eigenvalue weighted by atomic mass is 32.2. The number of aliphatic imine (C=N–C) groups is 1. The molecule has 0 aliphatic carbocycles. The van der Waals surface area contributed by atoms with Gasteiger partial charge in [0.1, 0.15) is 5.84 Å². The summed E-state index contributed by atoms with van der Waals surface area (Å²) in [5.74, 6) is 0.494. The molecule has 2 heterocycles. The largest absolute Gasteiger partial charge is 0.382 e. The molecule has 1 aliphatic rings. The summed E-state index contributed by atoms with van der Waals surface area (Å²) in [6.07, 6.45) is 0.889. The number of nitrogens with zero attached hydrogens (tertiary/aromatic N) is 3. The van der Waals surface area contributed by atoms with Crippen molar-refractivity contribution in [3.63, 3.8) is 0 Å². The van der Waals surface area contributed by atoms with Gasteiger partial charge in [-0.25, -0.2) is 13.4 Å². The lowest BCUT2D eigenvalue weighted by atomic mass is 10.2. The molecule has 1 amide bonds. The van der Waals surface area contributed by atoms with Crippen LogP contribution in [0, 0.1) is 0 Å². The van der Waals surface area contributed by atoms with Gasteiger partial charge in [-0.05, 0) is 37.6 Å². The molecule has 1 aromatic heterocycles. The van der Waals surface area contributed by atoms with Gasteiger partial charge in [-0.3, -0.25) is 19.8 Å². The molecule has 0 bridgehead atoms. The number of aryl methyl sites for hydroxylation is 1. The Morgan fingerprint density at radius 3 is 2.81 bits per heavy atom. The number of para-hydroxylation sites is 2. The molecule has 32 heavy (non-hydrogen) atoms. The topological polar surface area (TPSA) is 115 Å². The maximum Gasteiger partial charge on any atom is 0.263 e. The van der Waals surface area contributed by atoms with Crippen molar-refractivity contribution in [2.45, 2.75) is 31.2 Å². The zero-order chi connectivity index (χ0) is 22.6. The summed E-state index contributed by atoms with van der Waals surface area (Å²) in [5.41, 5.74) is 2.26. The Bertz CT molecular complexity index is 1270. The second-order valence-electron chi connectivity index (χ2n) is 7.26. The molecule has 0 spiro atoms. The number of imidazole rings is 1. The molecule has 168 valence electrons. The highest BCUT2D eigenvalue weighted by Gasteiger charge is 2.30. The van der Waals surface area contributed by atoms with Gasteiger partial charge in [0.15, 0.2) is 0 Å². The van der Waals surface area contributed by atoms with Crippen molar-refractivity contribution in [3.8, 4) is 0 Å². The fourth-order valence-electron chi connectivity index (χ4n) is 3.57. The van der Waals surface area contributed by atoms with E-state index in [4.69, 9.17) is 4.74 Å². The van der Waals surface area contributed by atoms with Crippen LogP contribution in [-0.4, -0.2) is 49.5 Å². The molecule has 10 heteroatoms. The summed E-state index contributed by atoms with van der Waals surface area (Å²) < 4.78 is 34.2. The molecule has 0 saturated heterocycles. The molecule has 2 aromatic carbocycles. The summed E-state index contributed by atoms with van der Waals surface area (Å²) in [7, 11) is -3.59. The van der Waals surface area contributed by atoms with Crippen LogP contribution in [0.2, 0.25) is 0 Å². The van der Waals surface area contributed by atoms with E-state index in [1.807, 2.05) is 35.8 Å². The summed E-state index contributed by atoms with van der Waals surface area (Å²) in [4.78, 5) is 21.6. The highest BCUT2D eigenvalue weighted by molar-refractivity contribution is 7.90. The zero-order valence-corrected chi connectivity index (χ0v) is 18.6. The molecule has 2 N–H and O–H groups in total. The van der Waals surface area contributed by atoms with Gasteiger partial charge in [0.25, 0.3) is 10.0 Å². The Balaban J connectivity index is 1.43. The fraction of sp³-hybridized carbons (Fsp3) is 0.318. The van der Waals surface area contributed by atoms with E-state index < -0.39 is 10.0 Å². The number of ether oxygens (including phenoxy) is 1. The molecule has 0 radical (unpaired) electrons. The van der Waals surface area contributed by atoms with Crippen molar-refractivity contribution in [3.05, 3.63) is 54.1 Å². The van der Waals surface area contributed by atoms with Crippen molar-refractivity contribution < 1.29 is 17.9 Å². The quantitative estimate of drug-likeness (QED) is 0.481. The zero-order valence-electron chi connectivity index (χ0n) is 17.7. The molecular formula is C22H25N5O4S. The van der Waals surface area contributed by atoms with Crippen LogP contribution in [0.4, 0.5) is 5.95 Å². The van der Waals surface area contributed by atoms with Crippen molar-refractivity contribution in [1.82, 2.24) is 14.3 Å². The number of carbonyl (C=O) groups is 1. The highest BCUT2D eigenvalue weighted by Crippen LogP contribution is 2.22. The number of amidine groups is 1. The predicted molar refractivity (Wildman–Crippen MR) is 122 cm³/mol. The van der Waals surface area contributed by atoms with E-state index >= 15 is 0 Å². The first-order chi connectivity index (χ1) is 15.5. The minimum absolute atomic E-state index is 0.0928. The van der Waals surface area contributed by atoms with Crippen molar-refractivity contribution >= 4 is 38.7 Å². The van der Waals surface area contributed by atoms with Crippen LogP contribution < -0.4 is 10.0 Å². The first-order valence-electron chi connectivity index (χ1n) is 10.5. The van der Waals surface area contributed by atoms with Crippen LogP contribution in [0.3, 0.4) is 0 Å². The van der Waals surface area contributed by atoms with E-state index in [1.165, 1.54) is 6.07 Å². The number of nitrogens with one attached hydrogen (secondary N) is 2. The lowest BCUT2D eigenvalue weighted by molar-refractivity contribution is -0.116. The number of rotatable bonds is 9. The molecule has 9 nitrogen and oxygen atoms in total. The third-order valence-electron chi connectivity index (χ3n) is 5.05. The van der Waals surface area contributed by atoms with Gasteiger partial charge in [0.2, 0.25) is 11.9 Å². The minimum Gasteiger partial charge on any atom is -0.382 e.